The van der Waals surface area contributed by atoms with E-state index in [1.807, 2.05) is 13.8 Å². The van der Waals surface area contributed by atoms with Crippen molar-refractivity contribution in [1.29, 1.82) is 0 Å². The molecule has 0 aliphatic rings. The maximum Gasteiger partial charge on any atom is 0.331 e. The summed E-state index contributed by atoms with van der Waals surface area (Å²) in [6.07, 6.45) is 4.16. The molecule has 8 nitrogen and oxygen atoms in total. The zero-order chi connectivity index (χ0) is 14.0. The summed E-state index contributed by atoms with van der Waals surface area (Å²) in [4.78, 5) is 11.6. The monoisotopic (exact) mass is 264 g/mol. The highest BCUT2D eigenvalue weighted by Gasteiger charge is 2.40. The van der Waals surface area contributed by atoms with Crippen LogP contribution in [0.25, 0.3) is 11.4 Å². The number of tetrazole rings is 1. The number of aryl methyl sites for hydroxylation is 1. The summed E-state index contributed by atoms with van der Waals surface area (Å²) in [7, 11) is 1.78. The number of carboxylic acids is 1. The molecule has 2 aromatic rings. The van der Waals surface area contributed by atoms with E-state index in [0.29, 0.717) is 24.2 Å². The van der Waals surface area contributed by atoms with Gasteiger partial charge in [-0.3, -0.25) is 4.68 Å². The van der Waals surface area contributed by atoms with Gasteiger partial charge in [-0.25, -0.2) is 9.48 Å². The van der Waals surface area contributed by atoms with Crippen LogP contribution in [0.15, 0.2) is 12.4 Å². The lowest BCUT2D eigenvalue weighted by atomic mass is 9.93. The number of nitrogens with zero attached hydrogens (tertiary/aromatic N) is 6. The fraction of sp³-hybridized carbons (Fsp3) is 0.545. The second kappa shape index (κ2) is 4.79. The van der Waals surface area contributed by atoms with E-state index in [4.69, 9.17) is 0 Å². The van der Waals surface area contributed by atoms with Crippen LogP contribution in [-0.2, 0) is 17.4 Å². The molecule has 0 radical (unpaired) electrons. The highest BCUT2D eigenvalue weighted by atomic mass is 16.4. The van der Waals surface area contributed by atoms with Crippen LogP contribution in [0.2, 0.25) is 0 Å². The lowest BCUT2D eigenvalue weighted by molar-refractivity contribution is -0.148. The molecule has 2 aromatic heterocycles. The number of rotatable bonds is 5. The lowest BCUT2D eigenvalue weighted by Crippen LogP contribution is -2.42. The number of hydrogen-bond acceptors (Lipinski definition) is 5. The summed E-state index contributed by atoms with van der Waals surface area (Å²) >= 11 is 0. The van der Waals surface area contributed by atoms with Gasteiger partial charge < -0.3 is 5.11 Å². The maximum atomic E-state index is 11.6. The first-order chi connectivity index (χ1) is 9.05. The van der Waals surface area contributed by atoms with E-state index in [9.17, 15) is 9.90 Å². The summed E-state index contributed by atoms with van der Waals surface area (Å²) in [5, 5.41) is 25.0. The summed E-state index contributed by atoms with van der Waals surface area (Å²) < 4.78 is 3.00. The Labute approximate surface area is 110 Å². The molecule has 0 saturated carbocycles. The van der Waals surface area contributed by atoms with E-state index in [2.05, 4.69) is 20.6 Å². The molecular formula is C11H16N6O2. The van der Waals surface area contributed by atoms with Crippen LogP contribution in [0, 0.1) is 0 Å². The van der Waals surface area contributed by atoms with E-state index >= 15 is 0 Å². The van der Waals surface area contributed by atoms with E-state index in [1.54, 1.807) is 24.1 Å². The van der Waals surface area contributed by atoms with Gasteiger partial charge in [0, 0.05) is 13.2 Å². The molecule has 1 N–H and O–H groups in total. The molecule has 0 spiro atoms. The van der Waals surface area contributed by atoms with Crippen LogP contribution in [0.4, 0.5) is 0 Å². The number of carboxylic acid groups (broad SMARTS) is 1. The number of carbonyl (C=O) groups is 1. The number of hydrogen-bond donors (Lipinski definition) is 1. The van der Waals surface area contributed by atoms with E-state index in [1.165, 1.54) is 4.68 Å². The Balaban J connectivity index is 2.57. The first-order valence-corrected chi connectivity index (χ1v) is 6.06. The molecular weight excluding hydrogens is 248 g/mol. The van der Waals surface area contributed by atoms with Gasteiger partial charge in [-0.15, -0.1) is 5.10 Å². The van der Waals surface area contributed by atoms with Crippen molar-refractivity contribution in [2.24, 2.45) is 7.05 Å². The molecule has 0 fully saturated rings. The van der Waals surface area contributed by atoms with Crippen molar-refractivity contribution >= 4 is 5.97 Å². The summed E-state index contributed by atoms with van der Waals surface area (Å²) in [6, 6.07) is 0. The Morgan fingerprint density at radius 3 is 2.58 bits per heavy atom. The molecule has 0 amide bonds. The molecule has 8 heteroatoms. The van der Waals surface area contributed by atoms with Gasteiger partial charge in [0.25, 0.3) is 0 Å². The fourth-order valence-corrected chi connectivity index (χ4v) is 2.13. The Kier molecular flexibility index (Phi) is 3.32. The minimum absolute atomic E-state index is 0.400. The van der Waals surface area contributed by atoms with Crippen molar-refractivity contribution in [1.82, 2.24) is 30.0 Å². The quantitative estimate of drug-likeness (QED) is 0.852. The summed E-state index contributed by atoms with van der Waals surface area (Å²) in [6.45, 7) is 3.62. The van der Waals surface area contributed by atoms with Crippen molar-refractivity contribution < 1.29 is 9.90 Å². The van der Waals surface area contributed by atoms with Gasteiger partial charge >= 0.3 is 5.97 Å². The van der Waals surface area contributed by atoms with E-state index in [0.717, 1.165) is 0 Å². The molecule has 0 bridgehead atoms. The van der Waals surface area contributed by atoms with Gasteiger partial charge in [-0.1, -0.05) is 13.8 Å². The molecule has 0 aromatic carbocycles. The van der Waals surface area contributed by atoms with Crippen LogP contribution in [0.5, 0.6) is 0 Å². The predicted octanol–water partition coefficient (Wildman–Crippen LogP) is 0.673. The highest BCUT2D eigenvalue weighted by Crippen LogP contribution is 2.29. The third kappa shape index (κ3) is 1.98. The molecule has 2 heterocycles. The molecule has 0 unspecified atom stereocenters. The summed E-state index contributed by atoms with van der Waals surface area (Å²) in [5.41, 5.74) is -0.436. The zero-order valence-corrected chi connectivity index (χ0v) is 11.1. The first-order valence-electron chi connectivity index (χ1n) is 6.06. The summed E-state index contributed by atoms with van der Waals surface area (Å²) in [5.74, 6) is -0.519. The van der Waals surface area contributed by atoms with Crippen LogP contribution in [0.3, 0.4) is 0 Å². The molecule has 0 aliphatic heterocycles. The van der Waals surface area contributed by atoms with Crippen LogP contribution in [-0.4, -0.2) is 41.1 Å². The first kappa shape index (κ1) is 13.2. The van der Waals surface area contributed by atoms with Crippen LogP contribution >= 0.6 is 0 Å². The Bertz CT molecular complexity index is 584. The normalized spacial score (nSPS) is 11.7. The van der Waals surface area contributed by atoms with Gasteiger partial charge in [-0.05, 0) is 23.3 Å². The second-order valence-electron chi connectivity index (χ2n) is 4.36. The fourth-order valence-electron chi connectivity index (χ4n) is 2.13. The van der Waals surface area contributed by atoms with Crippen molar-refractivity contribution in [3.63, 3.8) is 0 Å². The van der Waals surface area contributed by atoms with Crippen molar-refractivity contribution in [3.05, 3.63) is 12.4 Å². The largest absolute Gasteiger partial charge is 0.479 e. The van der Waals surface area contributed by atoms with Gasteiger partial charge in [0.2, 0.25) is 0 Å². The molecule has 19 heavy (non-hydrogen) atoms. The lowest BCUT2D eigenvalue weighted by Gasteiger charge is -2.27. The zero-order valence-electron chi connectivity index (χ0n) is 11.1. The van der Waals surface area contributed by atoms with Crippen LogP contribution < -0.4 is 0 Å². The average Bonchev–Trinajstić information content (AvgIpc) is 3.00. The molecule has 0 saturated heterocycles. The van der Waals surface area contributed by atoms with Crippen molar-refractivity contribution in [3.8, 4) is 11.4 Å². The minimum atomic E-state index is -1.13. The van der Waals surface area contributed by atoms with Crippen molar-refractivity contribution in [2.75, 3.05) is 0 Å². The Morgan fingerprint density at radius 1 is 1.42 bits per heavy atom. The SMILES string of the molecule is CCC(CC)(C(=O)O)n1nnnc1-c1cnn(C)c1. The molecule has 0 aliphatic carbocycles. The minimum Gasteiger partial charge on any atom is -0.479 e. The number of aliphatic carboxylic acids is 1. The van der Waals surface area contributed by atoms with Gasteiger partial charge in [0.1, 0.15) is 0 Å². The molecule has 102 valence electrons. The number of aromatic nitrogens is 6. The molecule has 0 atom stereocenters. The third-order valence-electron chi connectivity index (χ3n) is 3.41. The predicted molar refractivity (Wildman–Crippen MR) is 66.2 cm³/mol. The smallest absolute Gasteiger partial charge is 0.331 e. The van der Waals surface area contributed by atoms with E-state index in [-0.39, 0.29) is 0 Å². The van der Waals surface area contributed by atoms with Gasteiger partial charge in [0.15, 0.2) is 11.4 Å². The average molecular weight is 264 g/mol. The maximum absolute atomic E-state index is 11.6. The van der Waals surface area contributed by atoms with Crippen molar-refractivity contribution in [2.45, 2.75) is 32.2 Å². The topological polar surface area (TPSA) is 98.7 Å². The highest BCUT2D eigenvalue weighted by molar-refractivity contribution is 5.77. The third-order valence-corrected chi connectivity index (χ3v) is 3.41. The van der Waals surface area contributed by atoms with Crippen LogP contribution in [0.1, 0.15) is 26.7 Å². The van der Waals surface area contributed by atoms with Gasteiger partial charge in [-0.2, -0.15) is 5.10 Å². The Morgan fingerprint density at radius 2 is 2.11 bits per heavy atom. The van der Waals surface area contributed by atoms with Gasteiger partial charge in [0.05, 0.1) is 11.8 Å². The Hall–Kier alpha value is -2.25. The second-order valence-corrected chi connectivity index (χ2v) is 4.36. The standard InChI is InChI=1S/C11H16N6O2/c1-4-11(5-2,10(18)19)17-9(13-14-15-17)8-6-12-16(3)7-8/h6-7H,4-5H2,1-3H3,(H,18,19). The molecule has 2 rings (SSSR count). The van der Waals surface area contributed by atoms with E-state index < -0.39 is 11.5 Å².